The first-order valence-corrected chi connectivity index (χ1v) is 8.39. The third-order valence-corrected chi connectivity index (χ3v) is 4.50. The van der Waals surface area contributed by atoms with E-state index in [0.29, 0.717) is 18.5 Å². The molecule has 2 aliphatic heterocycles. The van der Waals surface area contributed by atoms with E-state index in [2.05, 4.69) is 5.32 Å². The van der Waals surface area contributed by atoms with Crippen molar-refractivity contribution < 1.29 is 9.53 Å². The molecule has 2 fully saturated rings. The lowest BCUT2D eigenvalue weighted by atomic mass is 10.1. The highest BCUT2D eigenvalue weighted by Crippen LogP contribution is 2.21. The Morgan fingerprint density at radius 3 is 2.87 bits per heavy atom. The predicted molar refractivity (Wildman–Crippen MR) is 94.3 cm³/mol. The number of rotatable bonds is 4. The maximum atomic E-state index is 12.6. The van der Waals surface area contributed by atoms with Gasteiger partial charge in [-0.3, -0.25) is 4.79 Å². The molecule has 23 heavy (non-hydrogen) atoms. The largest absolute Gasteiger partial charge is 0.491 e. The minimum Gasteiger partial charge on any atom is -0.491 e. The number of ether oxygens (including phenoxy) is 1. The van der Waals surface area contributed by atoms with Gasteiger partial charge in [-0.15, -0.1) is 12.4 Å². The molecule has 1 amide bonds. The van der Waals surface area contributed by atoms with Crippen LogP contribution in [0.15, 0.2) is 24.3 Å². The number of carbonyl (C=O) groups excluding carboxylic acids is 1. The van der Waals surface area contributed by atoms with Crippen molar-refractivity contribution in [1.82, 2.24) is 10.2 Å². The molecule has 0 radical (unpaired) electrons. The summed E-state index contributed by atoms with van der Waals surface area (Å²) in [5.41, 5.74) is 1.03. The van der Waals surface area contributed by atoms with Crippen LogP contribution in [0.5, 0.6) is 5.75 Å². The number of nitrogens with one attached hydrogen (secondary N) is 1. The summed E-state index contributed by atoms with van der Waals surface area (Å²) in [6.07, 6.45) is 4.16. The van der Waals surface area contributed by atoms with Crippen LogP contribution >= 0.6 is 12.4 Å². The summed E-state index contributed by atoms with van der Waals surface area (Å²) >= 11 is 0. The van der Waals surface area contributed by atoms with Crippen LogP contribution in [0.1, 0.15) is 38.7 Å². The number of hydrogen-bond acceptors (Lipinski definition) is 3. The highest BCUT2D eigenvalue weighted by Gasteiger charge is 2.30. The van der Waals surface area contributed by atoms with Gasteiger partial charge in [-0.05, 0) is 50.8 Å². The van der Waals surface area contributed by atoms with Crippen molar-refractivity contribution in [3.05, 3.63) is 29.8 Å². The third-order valence-electron chi connectivity index (χ3n) is 4.50. The summed E-state index contributed by atoms with van der Waals surface area (Å²) in [6, 6.07) is 9.01. The molecule has 0 aliphatic carbocycles. The highest BCUT2D eigenvalue weighted by atomic mass is 35.5. The minimum atomic E-state index is 0. The third kappa shape index (κ3) is 4.85. The van der Waals surface area contributed by atoms with Crippen LogP contribution in [-0.4, -0.2) is 42.1 Å². The van der Waals surface area contributed by atoms with Gasteiger partial charge in [-0.2, -0.15) is 0 Å². The quantitative estimate of drug-likeness (QED) is 0.917. The summed E-state index contributed by atoms with van der Waals surface area (Å²) in [7, 11) is 0. The van der Waals surface area contributed by atoms with E-state index < -0.39 is 0 Å². The molecule has 0 saturated carbocycles. The molecule has 3 rings (SSSR count). The molecule has 0 spiro atoms. The Bertz CT molecular complexity index is 536. The lowest BCUT2D eigenvalue weighted by molar-refractivity contribution is -0.130. The zero-order chi connectivity index (χ0) is 15.5. The average Bonchev–Trinajstić information content (AvgIpc) is 2.77. The van der Waals surface area contributed by atoms with E-state index in [-0.39, 0.29) is 24.4 Å². The van der Waals surface area contributed by atoms with Gasteiger partial charge in [-0.25, -0.2) is 0 Å². The SMILES string of the molecule is CC(C)Oc1cccc(CC(=O)N2CCC3CCC(C2)N3)c1.Cl. The summed E-state index contributed by atoms with van der Waals surface area (Å²) in [5.74, 6) is 1.08. The Morgan fingerprint density at radius 1 is 1.30 bits per heavy atom. The molecule has 2 heterocycles. The van der Waals surface area contributed by atoms with Crippen molar-refractivity contribution in [3.8, 4) is 5.75 Å². The number of fused-ring (bicyclic) bond motifs is 2. The zero-order valence-electron chi connectivity index (χ0n) is 14.0. The minimum absolute atomic E-state index is 0. The van der Waals surface area contributed by atoms with Gasteiger partial charge in [0.05, 0.1) is 12.5 Å². The number of benzene rings is 1. The number of carbonyl (C=O) groups is 1. The second-order valence-corrected chi connectivity index (χ2v) is 6.76. The van der Waals surface area contributed by atoms with Crippen LogP contribution in [0.4, 0.5) is 0 Å². The molecule has 128 valence electrons. The molecule has 2 bridgehead atoms. The molecular weight excluding hydrogens is 312 g/mol. The van der Waals surface area contributed by atoms with Crippen LogP contribution in [-0.2, 0) is 11.2 Å². The lowest BCUT2D eigenvalue weighted by Gasteiger charge is -2.24. The normalized spacial score (nSPS) is 23.3. The van der Waals surface area contributed by atoms with E-state index in [1.807, 2.05) is 43.0 Å². The van der Waals surface area contributed by atoms with E-state index in [9.17, 15) is 4.79 Å². The van der Waals surface area contributed by atoms with Crippen LogP contribution in [0.2, 0.25) is 0 Å². The first kappa shape index (κ1) is 18.1. The summed E-state index contributed by atoms with van der Waals surface area (Å²) in [6.45, 7) is 5.76. The smallest absolute Gasteiger partial charge is 0.227 e. The topological polar surface area (TPSA) is 41.6 Å². The standard InChI is InChI=1S/C18H26N2O2.ClH/c1-13(2)22-17-5-3-4-14(10-17)11-18(21)20-9-8-15-6-7-16(12-20)19-15;/h3-5,10,13,15-16,19H,6-9,11-12H2,1-2H3;1H. The Kier molecular flexibility index (Phi) is 6.31. The molecule has 0 aromatic heterocycles. The zero-order valence-corrected chi connectivity index (χ0v) is 14.8. The van der Waals surface area contributed by atoms with Gasteiger partial charge in [-0.1, -0.05) is 12.1 Å². The summed E-state index contributed by atoms with van der Waals surface area (Å²) in [5, 5.41) is 3.62. The molecule has 4 nitrogen and oxygen atoms in total. The molecule has 1 N–H and O–H groups in total. The highest BCUT2D eigenvalue weighted by molar-refractivity contribution is 5.85. The number of likely N-dealkylation sites (tertiary alicyclic amines) is 1. The Labute approximate surface area is 145 Å². The van der Waals surface area contributed by atoms with E-state index in [0.717, 1.165) is 30.8 Å². The fourth-order valence-electron chi connectivity index (χ4n) is 3.46. The number of nitrogens with zero attached hydrogens (tertiary/aromatic N) is 1. The van der Waals surface area contributed by atoms with Crippen molar-refractivity contribution >= 4 is 18.3 Å². The van der Waals surface area contributed by atoms with Crippen LogP contribution in [0.3, 0.4) is 0 Å². The van der Waals surface area contributed by atoms with Crippen LogP contribution < -0.4 is 10.1 Å². The lowest BCUT2D eigenvalue weighted by Crippen LogP contribution is -2.39. The van der Waals surface area contributed by atoms with Crippen molar-refractivity contribution in [2.45, 2.75) is 57.7 Å². The molecule has 1 aromatic carbocycles. The molecule has 1 aromatic rings. The first-order chi connectivity index (χ1) is 10.6. The second-order valence-electron chi connectivity index (χ2n) is 6.76. The Hall–Kier alpha value is -1.26. The number of halogens is 1. The first-order valence-electron chi connectivity index (χ1n) is 8.39. The Balaban J connectivity index is 0.00000192. The van der Waals surface area contributed by atoms with E-state index in [4.69, 9.17) is 4.74 Å². The van der Waals surface area contributed by atoms with Crippen molar-refractivity contribution in [2.75, 3.05) is 13.1 Å². The summed E-state index contributed by atoms with van der Waals surface area (Å²) < 4.78 is 5.71. The average molecular weight is 339 g/mol. The van der Waals surface area contributed by atoms with Gasteiger partial charge in [0.2, 0.25) is 5.91 Å². The van der Waals surface area contributed by atoms with E-state index >= 15 is 0 Å². The molecule has 2 aliphatic rings. The van der Waals surface area contributed by atoms with Gasteiger partial charge in [0, 0.05) is 25.2 Å². The number of hydrogen-bond donors (Lipinski definition) is 1. The van der Waals surface area contributed by atoms with Gasteiger partial charge in [0.25, 0.3) is 0 Å². The number of amides is 1. The van der Waals surface area contributed by atoms with Crippen molar-refractivity contribution in [1.29, 1.82) is 0 Å². The van der Waals surface area contributed by atoms with Crippen molar-refractivity contribution in [3.63, 3.8) is 0 Å². The van der Waals surface area contributed by atoms with Crippen molar-refractivity contribution in [2.24, 2.45) is 0 Å². The van der Waals surface area contributed by atoms with E-state index in [1.54, 1.807) is 0 Å². The maximum Gasteiger partial charge on any atom is 0.227 e. The maximum absolute atomic E-state index is 12.6. The van der Waals surface area contributed by atoms with Gasteiger partial charge in [0.1, 0.15) is 5.75 Å². The van der Waals surface area contributed by atoms with Crippen LogP contribution in [0, 0.1) is 0 Å². The molecule has 2 saturated heterocycles. The monoisotopic (exact) mass is 338 g/mol. The predicted octanol–water partition coefficient (Wildman–Crippen LogP) is 2.79. The molecule has 5 heteroatoms. The fraction of sp³-hybridized carbons (Fsp3) is 0.611. The van der Waals surface area contributed by atoms with Gasteiger partial charge < -0.3 is 15.0 Å². The van der Waals surface area contributed by atoms with Gasteiger partial charge in [0.15, 0.2) is 0 Å². The second kappa shape index (κ2) is 8.02. The van der Waals surface area contributed by atoms with E-state index in [1.165, 1.54) is 12.8 Å². The van der Waals surface area contributed by atoms with Crippen LogP contribution in [0.25, 0.3) is 0 Å². The molecule has 2 atom stereocenters. The fourth-order valence-corrected chi connectivity index (χ4v) is 3.46. The Morgan fingerprint density at radius 2 is 2.09 bits per heavy atom. The molecular formula is C18H27ClN2O2. The van der Waals surface area contributed by atoms with Gasteiger partial charge >= 0.3 is 0 Å². The summed E-state index contributed by atoms with van der Waals surface area (Å²) in [4.78, 5) is 14.6. The molecule has 2 unspecified atom stereocenters.